The zero-order valence-electron chi connectivity index (χ0n) is 47.2. The zero-order valence-corrected chi connectivity index (χ0v) is 47.2. The molecule has 6 heteroatoms. The van der Waals surface area contributed by atoms with Crippen molar-refractivity contribution in [2.24, 2.45) is 0 Å². The molecule has 0 unspecified atom stereocenters. The van der Waals surface area contributed by atoms with Gasteiger partial charge in [-0.1, -0.05) is 287 Å². The van der Waals surface area contributed by atoms with Crippen LogP contribution in [0.4, 0.5) is 0 Å². The molecule has 8 aromatic carbocycles. The number of ether oxygens (including phenoxy) is 3. The van der Waals surface area contributed by atoms with Crippen molar-refractivity contribution in [3.63, 3.8) is 0 Å². The first-order valence-electron chi connectivity index (χ1n) is 25.0. The van der Waals surface area contributed by atoms with Gasteiger partial charge in [0, 0.05) is 20.8 Å². The van der Waals surface area contributed by atoms with Gasteiger partial charge >= 0.3 is 17.9 Å². The molecular formula is C68H88O6. The Hall–Kier alpha value is -7.83. The van der Waals surface area contributed by atoms with E-state index in [0.29, 0.717) is 19.8 Å². The van der Waals surface area contributed by atoms with Crippen molar-refractivity contribution < 1.29 is 28.6 Å². The first kappa shape index (κ1) is 70.4. The predicted octanol–water partition coefficient (Wildman–Crippen LogP) is 17.7. The summed E-state index contributed by atoms with van der Waals surface area (Å²) in [5.41, 5.74) is 10.6. The lowest BCUT2D eigenvalue weighted by molar-refractivity contribution is -0.141. The third-order valence-electron chi connectivity index (χ3n) is 8.57. The van der Waals surface area contributed by atoms with Crippen LogP contribution in [0.25, 0.3) is 0 Å². The molecule has 0 aliphatic carbocycles. The number of benzene rings is 8. The summed E-state index contributed by atoms with van der Waals surface area (Å²) in [6.45, 7) is 27.6. The highest BCUT2D eigenvalue weighted by Crippen LogP contribution is 1.97. The molecule has 0 aliphatic rings. The Morgan fingerprint density at radius 3 is 0.351 bits per heavy atom. The number of carbonyl (C=O) groups is 3. The molecule has 0 radical (unpaired) electrons. The van der Waals surface area contributed by atoms with Crippen LogP contribution in [0.1, 0.15) is 86.1 Å². The maximum Gasteiger partial charge on any atom is 0.302 e. The monoisotopic (exact) mass is 1000 g/mol. The van der Waals surface area contributed by atoms with Crippen LogP contribution in [0.15, 0.2) is 243 Å². The largest absolute Gasteiger partial charge is 0.466 e. The van der Waals surface area contributed by atoms with Crippen LogP contribution < -0.4 is 0 Å². The fourth-order valence-electron chi connectivity index (χ4n) is 4.88. The number of esters is 3. The van der Waals surface area contributed by atoms with Gasteiger partial charge in [0.15, 0.2) is 0 Å². The maximum atomic E-state index is 9.82. The molecule has 0 fully saturated rings. The topological polar surface area (TPSA) is 78.9 Å². The minimum atomic E-state index is -0.211. The molecule has 0 aromatic heterocycles. The van der Waals surface area contributed by atoms with Gasteiger partial charge in [0.2, 0.25) is 0 Å². The average Bonchev–Trinajstić information content (AvgIpc) is 3.38. The average molecular weight is 1000 g/mol. The number of hydrogen-bond acceptors (Lipinski definition) is 6. The molecule has 0 saturated carbocycles. The number of carbonyl (C=O) groups excluding carboxylic acids is 3. The maximum absolute atomic E-state index is 9.82. The van der Waals surface area contributed by atoms with Crippen molar-refractivity contribution in [3.05, 3.63) is 287 Å². The summed E-state index contributed by atoms with van der Waals surface area (Å²) in [5.74, 6) is -0.632. The molecule has 6 nitrogen and oxygen atoms in total. The van der Waals surface area contributed by atoms with Crippen LogP contribution in [-0.2, 0) is 28.6 Å². The Bertz CT molecular complexity index is 1890. The van der Waals surface area contributed by atoms with E-state index in [1.54, 1.807) is 20.8 Å². The fourth-order valence-corrected chi connectivity index (χ4v) is 4.88. The van der Waals surface area contributed by atoms with E-state index < -0.39 is 0 Å². The molecule has 0 amide bonds. The molecule has 0 spiro atoms. The van der Waals surface area contributed by atoms with Crippen LogP contribution in [0.5, 0.6) is 0 Å². The van der Waals surface area contributed by atoms with Gasteiger partial charge in [-0.25, -0.2) is 0 Å². The molecule has 8 aromatic rings. The molecule has 0 saturated heterocycles. The molecule has 74 heavy (non-hydrogen) atoms. The van der Waals surface area contributed by atoms with Crippen LogP contribution in [0.2, 0.25) is 0 Å². The highest BCUT2D eigenvalue weighted by atomic mass is 16.5. The van der Waals surface area contributed by atoms with E-state index in [1.807, 2.05) is 146 Å². The lowest BCUT2D eigenvalue weighted by Gasteiger charge is -1.89. The van der Waals surface area contributed by atoms with Gasteiger partial charge in [0.1, 0.15) is 0 Å². The Balaban J connectivity index is -0.000000750. The second kappa shape index (κ2) is 53.0. The molecule has 0 atom stereocenters. The van der Waals surface area contributed by atoms with E-state index in [0.717, 1.165) is 0 Å². The minimum Gasteiger partial charge on any atom is -0.466 e. The second-order valence-corrected chi connectivity index (χ2v) is 16.0. The third kappa shape index (κ3) is 60.3. The van der Waals surface area contributed by atoms with E-state index in [1.165, 1.54) is 65.3 Å². The highest BCUT2D eigenvalue weighted by Gasteiger charge is 1.83. The van der Waals surface area contributed by atoms with Gasteiger partial charge in [0.25, 0.3) is 0 Å². The Kier molecular flexibility index (Phi) is 50.4. The normalized spacial score (nSPS) is 8.46. The van der Waals surface area contributed by atoms with Crippen molar-refractivity contribution >= 4 is 17.9 Å². The molecular weight excluding hydrogens is 913 g/mol. The van der Waals surface area contributed by atoms with E-state index in [9.17, 15) is 14.4 Å². The SMILES string of the molecule is CCOC(C)=O.CCOC(C)=O.CCOC(C)=O.Cc1ccccc1.Cc1ccccc1.Cc1ccccc1.Cc1ccccc1.Cc1ccccc1.Cc1ccccc1.Cc1ccccc1.Cc1ccccc1. The second-order valence-electron chi connectivity index (χ2n) is 16.0. The minimum absolute atomic E-state index is 0.211. The first-order valence-corrected chi connectivity index (χ1v) is 25.0. The van der Waals surface area contributed by atoms with E-state index in [4.69, 9.17) is 0 Å². The van der Waals surface area contributed by atoms with E-state index in [2.05, 4.69) is 167 Å². The molecule has 396 valence electrons. The number of hydrogen-bond donors (Lipinski definition) is 0. The summed E-state index contributed by atoms with van der Waals surface area (Å²) in [5, 5.41) is 0. The summed E-state index contributed by atoms with van der Waals surface area (Å²) in [4.78, 5) is 29.5. The van der Waals surface area contributed by atoms with Crippen LogP contribution >= 0.6 is 0 Å². The van der Waals surface area contributed by atoms with Crippen molar-refractivity contribution in [2.75, 3.05) is 19.8 Å². The Morgan fingerprint density at radius 2 is 0.324 bits per heavy atom. The molecule has 0 bridgehead atoms. The van der Waals surface area contributed by atoms with Gasteiger partial charge in [-0.2, -0.15) is 0 Å². The molecule has 0 aliphatic heterocycles. The zero-order chi connectivity index (χ0) is 55.9. The quantitative estimate of drug-likeness (QED) is 0.130. The summed E-state index contributed by atoms with van der Waals surface area (Å²) >= 11 is 0. The first-order chi connectivity index (χ1) is 35.5. The smallest absolute Gasteiger partial charge is 0.302 e. The standard InChI is InChI=1S/8C7H8.3C4H8O2/c8*1-7-5-3-2-4-6-7;3*1-3-6-4(2)5/h8*2-6H,1H3;3*3H2,1-2H3. The van der Waals surface area contributed by atoms with Crippen molar-refractivity contribution in [2.45, 2.75) is 96.9 Å². The lowest BCUT2D eigenvalue weighted by Crippen LogP contribution is -1.95. The molecule has 8 rings (SSSR count). The van der Waals surface area contributed by atoms with Gasteiger partial charge in [0.05, 0.1) is 19.8 Å². The third-order valence-corrected chi connectivity index (χ3v) is 8.57. The van der Waals surface area contributed by atoms with Gasteiger partial charge in [-0.15, -0.1) is 0 Å². The summed E-state index contributed by atoms with van der Waals surface area (Å²) in [6.07, 6.45) is 0. The van der Waals surface area contributed by atoms with Crippen molar-refractivity contribution in [1.29, 1.82) is 0 Å². The Morgan fingerprint density at radius 1 is 0.230 bits per heavy atom. The number of rotatable bonds is 3. The predicted molar refractivity (Wildman–Crippen MR) is 316 cm³/mol. The molecule has 0 N–H and O–H groups in total. The van der Waals surface area contributed by atoms with Crippen LogP contribution in [0.3, 0.4) is 0 Å². The fraction of sp³-hybridized carbons (Fsp3) is 0.250. The van der Waals surface area contributed by atoms with Crippen LogP contribution in [-0.4, -0.2) is 37.7 Å². The Labute approximate surface area is 448 Å². The summed E-state index contributed by atoms with van der Waals surface area (Å²) in [6, 6.07) is 82.1. The van der Waals surface area contributed by atoms with E-state index in [-0.39, 0.29) is 17.9 Å². The summed E-state index contributed by atoms with van der Waals surface area (Å²) < 4.78 is 13.2. The molecule has 0 heterocycles. The number of aryl methyl sites for hydroxylation is 8. The van der Waals surface area contributed by atoms with Crippen molar-refractivity contribution in [1.82, 2.24) is 0 Å². The van der Waals surface area contributed by atoms with Crippen molar-refractivity contribution in [3.8, 4) is 0 Å². The van der Waals surface area contributed by atoms with Gasteiger partial charge in [-0.3, -0.25) is 14.4 Å². The van der Waals surface area contributed by atoms with E-state index >= 15 is 0 Å². The van der Waals surface area contributed by atoms with Gasteiger partial charge in [-0.05, 0) is 76.2 Å². The van der Waals surface area contributed by atoms with Crippen LogP contribution in [0, 0.1) is 55.4 Å². The summed E-state index contributed by atoms with van der Waals surface area (Å²) in [7, 11) is 0. The van der Waals surface area contributed by atoms with Gasteiger partial charge < -0.3 is 14.2 Å². The lowest BCUT2D eigenvalue weighted by atomic mass is 10.2. The highest BCUT2D eigenvalue weighted by molar-refractivity contribution is 5.66.